The van der Waals surface area contributed by atoms with Gasteiger partial charge in [-0.1, -0.05) is 0 Å². The first-order valence-electron chi connectivity index (χ1n) is 6.74. The molecule has 1 atom stereocenters. The second-order valence-corrected chi connectivity index (χ2v) is 5.64. The van der Waals surface area contributed by atoms with Gasteiger partial charge in [0.1, 0.15) is 0 Å². The Kier molecular flexibility index (Phi) is 3.82. The maximum absolute atomic E-state index is 11.6. The van der Waals surface area contributed by atoms with E-state index < -0.39 is 5.60 Å². The monoisotopic (exact) mass is 257 g/mol. The minimum atomic E-state index is -0.635. The standard InChI is InChI=1S/C13H23NO4/c1-3-17-11(15)14-7-4-13(5-8-14)10-12(2,16)6-9-18-13/h16H,3-10H2,1-2H3. The van der Waals surface area contributed by atoms with Gasteiger partial charge in [0.15, 0.2) is 0 Å². The van der Waals surface area contributed by atoms with E-state index in [-0.39, 0.29) is 11.7 Å². The van der Waals surface area contributed by atoms with Crippen LogP contribution in [0.4, 0.5) is 4.79 Å². The topological polar surface area (TPSA) is 59.0 Å². The van der Waals surface area contributed by atoms with Crippen molar-refractivity contribution in [3.63, 3.8) is 0 Å². The molecule has 1 amide bonds. The number of carbonyl (C=O) groups excluding carboxylic acids is 1. The van der Waals surface area contributed by atoms with Gasteiger partial charge in [-0.15, -0.1) is 0 Å². The quantitative estimate of drug-likeness (QED) is 0.774. The number of carbonyl (C=O) groups is 1. The van der Waals surface area contributed by atoms with E-state index in [4.69, 9.17) is 9.47 Å². The van der Waals surface area contributed by atoms with Gasteiger partial charge in [0.25, 0.3) is 0 Å². The van der Waals surface area contributed by atoms with Gasteiger partial charge >= 0.3 is 6.09 Å². The van der Waals surface area contributed by atoms with Crippen LogP contribution in [0.2, 0.25) is 0 Å². The molecule has 0 bridgehead atoms. The summed E-state index contributed by atoms with van der Waals surface area (Å²) in [6, 6.07) is 0. The van der Waals surface area contributed by atoms with Crippen molar-refractivity contribution in [2.24, 2.45) is 0 Å². The molecule has 0 aromatic heterocycles. The SMILES string of the molecule is CCOC(=O)N1CCC2(CC1)CC(C)(O)CCO2. The molecule has 2 aliphatic heterocycles. The number of aliphatic hydroxyl groups is 1. The van der Waals surface area contributed by atoms with E-state index in [1.807, 2.05) is 13.8 Å². The Hall–Kier alpha value is -0.810. The van der Waals surface area contributed by atoms with Crippen molar-refractivity contribution < 1.29 is 19.4 Å². The number of likely N-dealkylation sites (tertiary alicyclic amines) is 1. The minimum Gasteiger partial charge on any atom is -0.450 e. The molecule has 2 aliphatic rings. The van der Waals surface area contributed by atoms with Gasteiger partial charge < -0.3 is 19.5 Å². The number of amides is 1. The highest BCUT2D eigenvalue weighted by Gasteiger charge is 2.45. The Bertz CT molecular complexity index is 308. The van der Waals surface area contributed by atoms with Crippen LogP contribution >= 0.6 is 0 Å². The predicted molar refractivity (Wildman–Crippen MR) is 66.4 cm³/mol. The van der Waals surface area contributed by atoms with Crippen LogP contribution in [-0.2, 0) is 9.47 Å². The van der Waals surface area contributed by atoms with Crippen LogP contribution in [0.15, 0.2) is 0 Å². The molecule has 1 spiro atoms. The first kappa shape index (κ1) is 13.6. The molecule has 1 N–H and O–H groups in total. The van der Waals surface area contributed by atoms with Crippen LogP contribution in [-0.4, -0.2) is 53.6 Å². The summed E-state index contributed by atoms with van der Waals surface area (Å²) in [4.78, 5) is 13.3. The zero-order chi connectivity index (χ0) is 13.2. The maximum atomic E-state index is 11.6. The Morgan fingerprint density at radius 1 is 1.39 bits per heavy atom. The van der Waals surface area contributed by atoms with Crippen LogP contribution in [0.3, 0.4) is 0 Å². The highest BCUT2D eigenvalue weighted by atomic mass is 16.6. The summed E-state index contributed by atoms with van der Waals surface area (Å²) in [7, 11) is 0. The van der Waals surface area contributed by atoms with Crippen molar-refractivity contribution in [1.29, 1.82) is 0 Å². The summed E-state index contributed by atoms with van der Waals surface area (Å²) in [6.45, 7) is 5.99. The van der Waals surface area contributed by atoms with Gasteiger partial charge in [-0.25, -0.2) is 4.79 Å². The fourth-order valence-corrected chi connectivity index (χ4v) is 2.95. The fraction of sp³-hybridized carbons (Fsp3) is 0.923. The van der Waals surface area contributed by atoms with Crippen molar-refractivity contribution in [3.05, 3.63) is 0 Å². The van der Waals surface area contributed by atoms with E-state index in [1.54, 1.807) is 4.90 Å². The summed E-state index contributed by atoms with van der Waals surface area (Å²) >= 11 is 0. The van der Waals surface area contributed by atoms with Gasteiger partial charge in [0.05, 0.1) is 24.4 Å². The van der Waals surface area contributed by atoms with Crippen molar-refractivity contribution in [1.82, 2.24) is 4.90 Å². The molecule has 2 saturated heterocycles. The third kappa shape index (κ3) is 2.95. The molecule has 0 saturated carbocycles. The van der Waals surface area contributed by atoms with Gasteiger partial charge in [-0.05, 0) is 33.1 Å². The average Bonchev–Trinajstić information content (AvgIpc) is 2.28. The second kappa shape index (κ2) is 5.05. The van der Waals surface area contributed by atoms with Crippen LogP contribution in [0.5, 0.6) is 0 Å². The van der Waals surface area contributed by atoms with Crippen LogP contribution < -0.4 is 0 Å². The highest BCUT2D eigenvalue weighted by Crippen LogP contribution is 2.39. The van der Waals surface area contributed by atoms with E-state index >= 15 is 0 Å². The Balaban J connectivity index is 1.91. The summed E-state index contributed by atoms with van der Waals surface area (Å²) in [5.74, 6) is 0. The number of rotatable bonds is 1. The molecule has 2 fully saturated rings. The summed E-state index contributed by atoms with van der Waals surface area (Å²) in [5, 5.41) is 10.2. The number of hydrogen-bond donors (Lipinski definition) is 1. The maximum Gasteiger partial charge on any atom is 0.409 e. The molecule has 0 radical (unpaired) electrons. The van der Waals surface area contributed by atoms with Gasteiger partial charge in [0, 0.05) is 19.5 Å². The zero-order valence-corrected chi connectivity index (χ0v) is 11.3. The lowest BCUT2D eigenvalue weighted by Gasteiger charge is -2.47. The predicted octanol–water partition coefficient (Wildman–Crippen LogP) is 1.54. The third-order valence-electron chi connectivity index (χ3n) is 3.95. The molecular formula is C13H23NO4. The van der Waals surface area contributed by atoms with E-state index in [0.29, 0.717) is 39.1 Å². The molecule has 0 aliphatic carbocycles. The highest BCUT2D eigenvalue weighted by molar-refractivity contribution is 5.67. The molecule has 104 valence electrons. The van der Waals surface area contributed by atoms with Crippen LogP contribution in [0.1, 0.15) is 39.5 Å². The normalized spacial score (nSPS) is 31.4. The van der Waals surface area contributed by atoms with E-state index in [1.165, 1.54) is 0 Å². The smallest absolute Gasteiger partial charge is 0.409 e. The van der Waals surface area contributed by atoms with E-state index in [9.17, 15) is 9.90 Å². The van der Waals surface area contributed by atoms with Gasteiger partial charge in [-0.2, -0.15) is 0 Å². The largest absolute Gasteiger partial charge is 0.450 e. The third-order valence-corrected chi connectivity index (χ3v) is 3.95. The van der Waals surface area contributed by atoms with Crippen LogP contribution in [0, 0.1) is 0 Å². The first-order valence-corrected chi connectivity index (χ1v) is 6.74. The number of nitrogens with zero attached hydrogens (tertiary/aromatic N) is 1. The molecule has 5 heteroatoms. The lowest BCUT2D eigenvalue weighted by molar-refractivity contribution is -0.170. The van der Waals surface area contributed by atoms with Gasteiger partial charge in [-0.3, -0.25) is 0 Å². The average molecular weight is 257 g/mol. The van der Waals surface area contributed by atoms with Crippen molar-refractivity contribution in [2.75, 3.05) is 26.3 Å². The second-order valence-electron chi connectivity index (χ2n) is 5.64. The lowest BCUT2D eigenvalue weighted by atomic mass is 9.78. The number of ether oxygens (including phenoxy) is 2. The molecule has 2 heterocycles. The number of hydrogen-bond acceptors (Lipinski definition) is 4. The molecule has 1 unspecified atom stereocenters. The summed E-state index contributed by atoms with van der Waals surface area (Å²) in [6.07, 6.45) is 2.67. The molecule has 2 rings (SSSR count). The van der Waals surface area contributed by atoms with Gasteiger partial charge in [0.2, 0.25) is 0 Å². The lowest BCUT2D eigenvalue weighted by Crippen LogP contribution is -2.54. The van der Waals surface area contributed by atoms with Crippen LogP contribution in [0.25, 0.3) is 0 Å². The first-order chi connectivity index (χ1) is 8.46. The molecular weight excluding hydrogens is 234 g/mol. The molecule has 0 aromatic rings. The Labute approximate surface area is 108 Å². The minimum absolute atomic E-state index is 0.241. The molecule has 0 aromatic carbocycles. The van der Waals surface area contributed by atoms with Crippen molar-refractivity contribution in [3.8, 4) is 0 Å². The number of piperidine rings is 1. The van der Waals surface area contributed by atoms with Crippen molar-refractivity contribution >= 4 is 6.09 Å². The zero-order valence-electron chi connectivity index (χ0n) is 11.3. The molecule has 5 nitrogen and oxygen atoms in total. The Morgan fingerprint density at radius 2 is 2.06 bits per heavy atom. The van der Waals surface area contributed by atoms with E-state index in [0.717, 1.165) is 12.8 Å². The Morgan fingerprint density at radius 3 is 2.61 bits per heavy atom. The summed E-state index contributed by atoms with van der Waals surface area (Å²) in [5.41, 5.74) is -0.880. The van der Waals surface area contributed by atoms with Crippen molar-refractivity contribution in [2.45, 2.75) is 50.7 Å². The summed E-state index contributed by atoms with van der Waals surface area (Å²) < 4.78 is 10.9. The fourth-order valence-electron chi connectivity index (χ4n) is 2.95. The molecule has 18 heavy (non-hydrogen) atoms. The van der Waals surface area contributed by atoms with E-state index in [2.05, 4.69) is 0 Å².